The molecule has 0 aliphatic heterocycles. The molecule has 0 heterocycles. The van der Waals surface area contributed by atoms with Crippen molar-refractivity contribution < 1.29 is 28.5 Å². The summed E-state index contributed by atoms with van der Waals surface area (Å²) in [5, 5.41) is 3.25. The van der Waals surface area contributed by atoms with Crippen molar-refractivity contribution in [2.24, 2.45) is 0 Å². The van der Waals surface area contributed by atoms with Crippen molar-refractivity contribution >= 4 is 29.3 Å². The minimum Gasteiger partial charge on any atom is -0.497 e. The van der Waals surface area contributed by atoms with Crippen LogP contribution in [0.3, 0.4) is 0 Å². The fourth-order valence-electron chi connectivity index (χ4n) is 3.47. The fourth-order valence-corrected chi connectivity index (χ4v) is 3.47. The van der Waals surface area contributed by atoms with Crippen molar-refractivity contribution in [2.75, 3.05) is 45.2 Å². The normalized spacial score (nSPS) is 11.4. The monoisotopic (exact) mass is 490 g/mol. The van der Waals surface area contributed by atoms with Gasteiger partial charge < -0.3 is 24.3 Å². The number of esters is 1. The Hall–Kier alpha value is -4.46. The zero-order chi connectivity index (χ0) is 25.9. The van der Waals surface area contributed by atoms with Gasteiger partial charge in [0.2, 0.25) is 0 Å². The SMILES string of the molecule is COC(=O)CN(C(=O)[C@H](/C=C/c1ccccc1)Nc1ccc(OC)cc1OC)c1ccc(OC)cc1. The van der Waals surface area contributed by atoms with E-state index in [4.69, 9.17) is 18.9 Å². The number of hydrogen-bond acceptors (Lipinski definition) is 7. The Morgan fingerprint density at radius 3 is 2.14 bits per heavy atom. The van der Waals surface area contributed by atoms with E-state index in [1.807, 2.05) is 36.4 Å². The number of carbonyl (C=O) groups is 2. The average molecular weight is 491 g/mol. The van der Waals surface area contributed by atoms with Crippen LogP contribution < -0.4 is 24.4 Å². The highest BCUT2D eigenvalue weighted by Gasteiger charge is 2.27. The molecule has 36 heavy (non-hydrogen) atoms. The molecule has 188 valence electrons. The second-order valence-corrected chi connectivity index (χ2v) is 7.66. The van der Waals surface area contributed by atoms with Gasteiger partial charge in [-0.25, -0.2) is 0 Å². The lowest BCUT2D eigenvalue weighted by Gasteiger charge is -2.27. The molecule has 8 heteroatoms. The Morgan fingerprint density at radius 2 is 1.53 bits per heavy atom. The zero-order valence-corrected chi connectivity index (χ0v) is 20.8. The van der Waals surface area contributed by atoms with Crippen LogP contribution >= 0.6 is 0 Å². The van der Waals surface area contributed by atoms with Crippen LogP contribution in [0.2, 0.25) is 0 Å². The van der Waals surface area contributed by atoms with Gasteiger partial charge in [-0.3, -0.25) is 14.5 Å². The summed E-state index contributed by atoms with van der Waals surface area (Å²) < 4.78 is 20.9. The standard InChI is InChI=1S/C28H30N2O6/c1-33-22-13-11-21(12-14-22)30(19-27(31)36-4)28(32)25(16-10-20-8-6-5-7-9-20)29-24-17-15-23(34-2)18-26(24)35-3/h5-18,25,29H,19H2,1-4H3/b16-10+/t25-/m0/s1. The first kappa shape index (κ1) is 26.2. The van der Waals surface area contributed by atoms with E-state index in [0.717, 1.165) is 5.56 Å². The topological polar surface area (TPSA) is 86.3 Å². The Labute approximate surface area is 211 Å². The van der Waals surface area contributed by atoms with E-state index in [1.54, 1.807) is 62.8 Å². The lowest BCUT2D eigenvalue weighted by molar-refractivity contribution is -0.140. The van der Waals surface area contributed by atoms with Gasteiger partial charge in [0.15, 0.2) is 0 Å². The van der Waals surface area contributed by atoms with E-state index in [2.05, 4.69) is 5.32 Å². The van der Waals surface area contributed by atoms with Crippen molar-refractivity contribution in [3.8, 4) is 17.2 Å². The van der Waals surface area contributed by atoms with Gasteiger partial charge in [0, 0.05) is 11.8 Å². The van der Waals surface area contributed by atoms with E-state index in [1.165, 1.54) is 19.1 Å². The van der Waals surface area contributed by atoms with Crippen molar-refractivity contribution in [3.63, 3.8) is 0 Å². The maximum Gasteiger partial charge on any atom is 0.325 e. The number of hydrogen-bond donors (Lipinski definition) is 1. The third-order valence-electron chi connectivity index (χ3n) is 5.43. The van der Waals surface area contributed by atoms with Gasteiger partial charge in [-0.05, 0) is 42.0 Å². The highest BCUT2D eigenvalue weighted by Crippen LogP contribution is 2.30. The van der Waals surface area contributed by atoms with Crippen LogP contribution in [0.15, 0.2) is 78.9 Å². The van der Waals surface area contributed by atoms with Crippen LogP contribution in [-0.2, 0) is 14.3 Å². The third kappa shape index (κ3) is 6.79. The quantitative estimate of drug-likeness (QED) is 0.399. The average Bonchev–Trinajstić information content (AvgIpc) is 2.94. The molecule has 0 fully saturated rings. The van der Waals surface area contributed by atoms with Gasteiger partial charge in [0.25, 0.3) is 5.91 Å². The molecule has 1 atom stereocenters. The molecule has 0 bridgehead atoms. The molecule has 0 saturated carbocycles. The Kier molecular flexibility index (Phi) is 9.33. The number of ether oxygens (including phenoxy) is 4. The van der Waals surface area contributed by atoms with Crippen molar-refractivity contribution in [2.45, 2.75) is 6.04 Å². The van der Waals surface area contributed by atoms with Crippen LogP contribution in [0.4, 0.5) is 11.4 Å². The number of nitrogens with zero attached hydrogens (tertiary/aromatic N) is 1. The third-order valence-corrected chi connectivity index (χ3v) is 5.43. The summed E-state index contributed by atoms with van der Waals surface area (Å²) in [4.78, 5) is 27.5. The Morgan fingerprint density at radius 1 is 0.861 bits per heavy atom. The highest BCUT2D eigenvalue weighted by atomic mass is 16.5. The summed E-state index contributed by atoms with van der Waals surface area (Å²) in [5.41, 5.74) is 2.03. The van der Waals surface area contributed by atoms with Crippen molar-refractivity contribution in [1.82, 2.24) is 0 Å². The van der Waals surface area contributed by atoms with Crippen LogP contribution in [0.5, 0.6) is 17.2 Å². The number of rotatable bonds is 11. The fraction of sp³-hybridized carbons (Fsp3) is 0.214. The summed E-state index contributed by atoms with van der Waals surface area (Å²) in [5.74, 6) is 0.836. The number of methoxy groups -OCH3 is 4. The van der Waals surface area contributed by atoms with Gasteiger partial charge in [0.05, 0.1) is 34.1 Å². The van der Waals surface area contributed by atoms with Crippen LogP contribution in [-0.4, -0.2) is 52.9 Å². The Balaban J connectivity index is 2.01. The molecular weight excluding hydrogens is 460 g/mol. The van der Waals surface area contributed by atoms with Crippen LogP contribution in [0, 0.1) is 0 Å². The Bertz CT molecular complexity index is 1180. The summed E-state index contributed by atoms with van der Waals surface area (Å²) >= 11 is 0. The maximum atomic E-state index is 13.9. The molecule has 0 aliphatic rings. The van der Waals surface area contributed by atoms with E-state index >= 15 is 0 Å². The number of amides is 1. The summed E-state index contributed by atoms with van der Waals surface area (Å²) in [7, 11) is 5.95. The first-order chi connectivity index (χ1) is 17.5. The van der Waals surface area contributed by atoms with E-state index < -0.39 is 12.0 Å². The minimum atomic E-state index is -0.848. The number of benzene rings is 3. The maximum absolute atomic E-state index is 13.9. The highest BCUT2D eigenvalue weighted by molar-refractivity contribution is 6.03. The van der Waals surface area contributed by atoms with E-state index in [9.17, 15) is 9.59 Å². The molecule has 0 aromatic heterocycles. The number of anilines is 2. The van der Waals surface area contributed by atoms with Gasteiger partial charge in [-0.15, -0.1) is 0 Å². The summed E-state index contributed by atoms with van der Waals surface area (Å²) in [6.07, 6.45) is 3.59. The zero-order valence-electron chi connectivity index (χ0n) is 20.8. The molecular formula is C28H30N2O6. The molecule has 0 spiro atoms. The molecule has 0 saturated heterocycles. The molecule has 0 radical (unpaired) electrons. The molecule has 0 unspecified atom stereocenters. The first-order valence-corrected chi connectivity index (χ1v) is 11.2. The molecule has 3 rings (SSSR count). The predicted molar refractivity (Wildman–Crippen MR) is 140 cm³/mol. The molecule has 8 nitrogen and oxygen atoms in total. The largest absolute Gasteiger partial charge is 0.497 e. The van der Waals surface area contributed by atoms with Gasteiger partial charge >= 0.3 is 5.97 Å². The molecule has 0 aliphatic carbocycles. The predicted octanol–water partition coefficient (Wildman–Crippen LogP) is 4.41. The van der Waals surface area contributed by atoms with Gasteiger partial charge in [-0.1, -0.05) is 42.5 Å². The lowest BCUT2D eigenvalue weighted by atomic mass is 10.1. The molecule has 1 N–H and O–H groups in total. The van der Waals surface area contributed by atoms with Crippen LogP contribution in [0.25, 0.3) is 6.08 Å². The van der Waals surface area contributed by atoms with Gasteiger partial charge in [-0.2, -0.15) is 0 Å². The van der Waals surface area contributed by atoms with E-state index in [0.29, 0.717) is 28.6 Å². The van der Waals surface area contributed by atoms with Crippen LogP contribution in [0.1, 0.15) is 5.56 Å². The molecule has 1 amide bonds. The number of carbonyl (C=O) groups excluding carboxylic acids is 2. The summed E-state index contributed by atoms with van der Waals surface area (Å²) in [6.45, 7) is -0.265. The minimum absolute atomic E-state index is 0.265. The smallest absolute Gasteiger partial charge is 0.325 e. The van der Waals surface area contributed by atoms with E-state index in [-0.39, 0.29) is 12.5 Å². The lowest BCUT2D eigenvalue weighted by Crippen LogP contribution is -2.45. The second-order valence-electron chi connectivity index (χ2n) is 7.66. The second kappa shape index (κ2) is 12.9. The van der Waals surface area contributed by atoms with Crippen molar-refractivity contribution in [1.29, 1.82) is 0 Å². The number of nitrogens with one attached hydrogen (secondary N) is 1. The molecule has 3 aromatic carbocycles. The molecule has 3 aromatic rings. The first-order valence-electron chi connectivity index (χ1n) is 11.2. The van der Waals surface area contributed by atoms with Crippen molar-refractivity contribution in [3.05, 3.63) is 84.4 Å². The summed E-state index contributed by atoms with van der Waals surface area (Å²) in [6, 6.07) is 20.9. The van der Waals surface area contributed by atoms with Gasteiger partial charge in [0.1, 0.15) is 29.8 Å².